The fourth-order valence-electron chi connectivity index (χ4n) is 1.55. The van der Waals surface area contributed by atoms with Crippen molar-refractivity contribution in [1.29, 1.82) is 0 Å². The lowest BCUT2D eigenvalue weighted by atomic mass is 10.2. The van der Waals surface area contributed by atoms with Gasteiger partial charge in [0.2, 0.25) is 6.41 Å². The Balaban J connectivity index is 0. The Hall–Kier alpha value is -2.38. The van der Waals surface area contributed by atoms with Crippen molar-refractivity contribution in [3.05, 3.63) is 11.5 Å². The van der Waals surface area contributed by atoms with Crippen molar-refractivity contribution in [3.63, 3.8) is 0 Å². The number of nitrogens with one attached hydrogen (secondary N) is 1. The number of H-pyrrole nitrogens is 1. The number of aryl methyl sites for hydroxylation is 1. The first-order chi connectivity index (χ1) is 10.9. The molecule has 8 nitrogen and oxygen atoms in total. The first-order valence-corrected chi connectivity index (χ1v) is 7.49. The molecule has 2 amide bonds. The van der Waals surface area contributed by atoms with Gasteiger partial charge in [-0.05, 0) is 6.42 Å². The number of nitrogens with zero attached hydrogens (tertiary/aromatic N) is 3. The van der Waals surface area contributed by atoms with Crippen LogP contribution in [-0.4, -0.2) is 59.9 Å². The molecule has 1 rings (SSSR count). The number of hydrogen-bond acceptors (Lipinski definition) is 4. The van der Waals surface area contributed by atoms with Crippen molar-refractivity contribution in [3.8, 4) is 0 Å². The molecule has 0 saturated carbocycles. The molecule has 1 heterocycles. The number of imidazole rings is 1. The molecule has 1 aromatic heterocycles. The van der Waals surface area contributed by atoms with Crippen molar-refractivity contribution < 1.29 is 19.5 Å². The molecule has 0 saturated heterocycles. The molecule has 0 radical (unpaired) electrons. The number of aromatic nitrogens is 2. The van der Waals surface area contributed by atoms with E-state index in [1.807, 2.05) is 13.8 Å². The van der Waals surface area contributed by atoms with Gasteiger partial charge in [-0.25, -0.2) is 4.98 Å². The topological polar surface area (TPSA) is 107 Å². The molecule has 0 fully saturated rings. The van der Waals surface area contributed by atoms with Crippen molar-refractivity contribution in [1.82, 2.24) is 14.9 Å². The molecule has 132 valence electrons. The van der Waals surface area contributed by atoms with Gasteiger partial charge in [0.05, 0.1) is 0 Å². The molecule has 0 spiro atoms. The zero-order valence-electron chi connectivity index (χ0n) is 14.8. The third-order valence-electron chi connectivity index (χ3n) is 2.61. The standard InChI is InChI=1S/C12H20N4O2.C2H6.CH2O2/c1-5-6-7-9-13-10(12(18)15(2)3)11(14-9)16(4)8-17;1-2;2-1-3/h8H,5-7H2,1-4H3,(H,13,14);1-2H3;1H,(H,2,3). The summed E-state index contributed by atoms with van der Waals surface area (Å²) in [5.41, 5.74) is 0.362. The van der Waals surface area contributed by atoms with Crippen molar-refractivity contribution in [2.75, 3.05) is 26.0 Å². The Morgan fingerprint density at radius 1 is 1.26 bits per heavy atom. The highest BCUT2D eigenvalue weighted by atomic mass is 16.3. The third-order valence-corrected chi connectivity index (χ3v) is 2.61. The monoisotopic (exact) mass is 328 g/mol. The van der Waals surface area contributed by atoms with Crippen LogP contribution in [0.2, 0.25) is 0 Å². The fourth-order valence-corrected chi connectivity index (χ4v) is 1.55. The van der Waals surface area contributed by atoms with Gasteiger partial charge in [0.15, 0.2) is 5.82 Å². The molecule has 0 bridgehead atoms. The Kier molecular flexibility index (Phi) is 13.2. The molecule has 8 heteroatoms. The van der Waals surface area contributed by atoms with Crippen molar-refractivity contribution >= 4 is 24.6 Å². The molecular formula is C15H28N4O4. The molecule has 2 N–H and O–H groups in total. The van der Waals surface area contributed by atoms with Gasteiger partial charge >= 0.3 is 0 Å². The van der Waals surface area contributed by atoms with E-state index in [9.17, 15) is 9.59 Å². The minimum Gasteiger partial charge on any atom is -0.483 e. The summed E-state index contributed by atoms with van der Waals surface area (Å²) in [4.78, 5) is 41.3. The second kappa shape index (κ2) is 13.3. The molecule has 1 aromatic rings. The van der Waals surface area contributed by atoms with Crippen LogP contribution in [0.5, 0.6) is 0 Å². The van der Waals surface area contributed by atoms with Gasteiger partial charge < -0.3 is 19.9 Å². The van der Waals surface area contributed by atoms with E-state index in [1.165, 1.54) is 9.80 Å². The molecule has 0 unspecified atom stereocenters. The van der Waals surface area contributed by atoms with E-state index >= 15 is 0 Å². The maximum absolute atomic E-state index is 12.0. The summed E-state index contributed by atoms with van der Waals surface area (Å²) in [7, 11) is 4.92. The number of carbonyl (C=O) groups is 3. The number of hydrogen-bond donors (Lipinski definition) is 2. The van der Waals surface area contributed by atoms with Crippen LogP contribution in [0.3, 0.4) is 0 Å². The zero-order chi connectivity index (χ0) is 18.4. The van der Waals surface area contributed by atoms with E-state index < -0.39 is 0 Å². The van der Waals surface area contributed by atoms with Crippen LogP contribution in [0.25, 0.3) is 0 Å². The lowest BCUT2D eigenvalue weighted by molar-refractivity contribution is -0.122. The van der Waals surface area contributed by atoms with E-state index in [1.54, 1.807) is 21.1 Å². The largest absolute Gasteiger partial charge is 0.483 e. The Morgan fingerprint density at radius 3 is 2.17 bits per heavy atom. The van der Waals surface area contributed by atoms with Gasteiger partial charge in [-0.15, -0.1) is 0 Å². The number of aromatic amines is 1. The number of anilines is 1. The molecule has 0 atom stereocenters. The molecule has 0 aliphatic heterocycles. The highest BCUT2D eigenvalue weighted by Crippen LogP contribution is 2.18. The van der Waals surface area contributed by atoms with Gasteiger partial charge in [0.25, 0.3) is 12.4 Å². The van der Waals surface area contributed by atoms with Gasteiger partial charge in [-0.2, -0.15) is 0 Å². The minimum atomic E-state index is -0.250. The van der Waals surface area contributed by atoms with Crippen LogP contribution in [0.4, 0.5) is 5.82 Å². The Labute approximate surface area is 137 Å². The third kappa shape index (κ3) is 7.98. The number of rotatable bonds is 6. The van der Waals surface area contributed by atoms with Gasteiger partial charge in [0, 0.05) is 27.6 Å². The lowest BCUT2D eigenvalue weighted by Crippen LogP contribution is -2.25. The predicted molar refractivity (Wildman–Crippen MR) is 89.7 cm³/mol. The fraction of sp³-hybridized carbons (Fsp3) is 0.600. The maximum Gasteiger partial charge on any atom is 0.290 e. The van der Waals surface area contributed by atoms with E-state index in [0.29, 0.717) is 17.9 Å². The number of amides is 2. The summed E-state index contributed by atoms with van der Waals surface area (Å²) in [5.74, 6) is 0.939. The quantitative estimate of drug-likeness (QED) is 0.774. The number of carbonyl (C=O) groups excluding carboxylic acids is 2. The summed E-state index contributed by atoms with van der Waals surface area (Å²) in [6.45, 7) is 5.84. The minimum absolute atomic E-state index is 0.186. The van der Waals surface area contributed by atoms with Crippen LogP contribution < -0.4 is 4.90 Å². The first-order valence-electron chi connectivity index (χ1n) is 7.49. The van der Waals surface area contributed by atoms with Crippen LogP contribution >= 0.6 is 0 Å². The highest BCUT2D eigenvalue weighted by molar-refractivity contribution is 5.98. The lowest BCUT2D eigenvalue weighted by Gasteiger charge is -2.12. The zero-order valence-corrected chi connectivity index (χ0v) is 14.8. The van der Waals surface area contributed by atoms with Crippen molar-refractivity contribution in [2.24, 2.45) is 0 Å². The molecule has 0 aliphatic carbocycles. The van der Waals surface area contributed by atoms with Crippen LogP contribution in [0.15, 0.2) is 0 Å². The molecule has 0 aromatic carbocycles. The molecular weight excluding hydrogens is 300 g/mol. The van der Waals surface area contributed by atoms with E-state index in [4.69, 9.17) is 9.90 Å². The smallest absolute Gasteiger partial charge is 0.290 e. The van der Waals surface area contributed by atoms with Gasteiger partial charge in [0.1, 0.15) is 11.5 Å². The van der Waals surface area contributed by atoms with Crippen LogP contribution in [0.1, 0.15) is 49.9 Å². The summed E-state index contributed by atoms with van der Waals surface area (Å²) in [6, 6.07) is 0. The summed E-state index contributed by atoms with van der Waals surface area (Å²) in [6.07, 6.45) is 3.47. The molecule has 0 aliphatic rings. The average Bonchev–Trinajstić information content (AvgIpc) is 2.98. The number of unbranched alkanes of at least 4 members (excludes halogenated alkanes) is 1. The summed E-state index contributed by atoms with van der Waals surface area (Å²) >= 11 is 0. The summed E-state index contributed by atoms with van der Waals surface area (Å²) in [5, 5.41) is 6.89. The highest BCUT2D eigenvalue weighted by Gasteiger charge is 2.21. The second-order valence-corrected chi connectivity index (χ2v) is 4.51. The van der Waals surface area contributed by atoms with E-state index in [2.05, 4.69) is 16.9 Å². The average molecular weight is 328 g/mol. The van der Waals surface area contributed by atoms with E-state index in [-0.39, 0.29) is 12.4 Å². The Morgan fingerprint density at radius 2 is 1.78 bits per heavy atom. The second-order valence-electron chi connectivity index (χ2n) is 4.51. The normalized spacial score (nSPS) is 8.78. The van der Waals surface area contributed by atoms with Gasteiger partial charge in [-0.3, -0.25) is 14.4 Å². The maximum atomic E-state index is 12.0. The molecule has 23 heavy (non-hydrogen) atoms. The van der Waals surface area contributed by atoms with E-state index in [0.717, 1.165) is 25.1 Å². The van der Waals surface area contributed by atoms with Crippen LogP contribution in [-0.2, 0) is 16.0 Å². The van der Waals surface area contributed by atoms with Crippen molar-refractivity contribution in [2.45, 2.75) is 40.0 Å². The predicted octanol–water partition coefficient (Wildman–Crippen LogP) is 1.77. The Bertz CT molecular complexity index is 472. The first kappa shape index (κ1) is 22.9. The van der Waals surface area contributed by atoms with Crippen LogP contribution in [0, 0.1) is 0 Å². The SMILES string of the molecule is CC.CCCCc1nc(N(C)C=O)c(C(=O)N(C)C)[nH]1.O=CO. The summed E-state index contributed by atoms with van der Waals surface area (Å²) < 4.78 is 0. The number of carboxylic acid groups (broad SMARTS) is 1. The van der Waals surface area contributed by atoms with Gasteiger partial charge in [-0.1, -0.05) is 27.2 Å².